The van der Waals surface area contributed by atoms with Crippen LogP contribution < -0.4 is 10.6 Å². The molecule has 2 unspecified atom stereocenters. The topological polar surface area (TPSA) is 108 Å². The van der Waals surface area contributed by atoms with Gasteiger partial charge in [-0.05, 0) is 42.8 Å². The molecule has 2 aliphatic rings. The Kier molecular flexibility index (Phi) is 7.57. The third kappa shape index (κ3) is 5.62. The van der Waals surface area contributed by atoms with E-state index in [1.807, 2.05) is 24.3 Å². The third-order valence-corrected chi connectivity index (χ3v) is 7.41. The molecule has 0 bridgehead atoms. The molecule has 40 heavy (non-hydrogen) atoms. The number of hydrogen-bond acceptors (Lipinski definition) is 7. The van der Waals surface area contributed by atoms with Crippen LogP contribution in [0.5, 0.6) is 0 Å². The number of aromatic amines is 1. The van der Waals surface area contributed by atoms with Gasteiger partial charge in [-0.15, -0.1) is 0 Å². The lowest BCUT2D eigenvalue weighted by Crippen LogP contribution is -2.53. The number of nitrogens with zero attached hydrogens (tertiary/aromatic N) is 4. The highest BCUT2D eigenvalue weighted by Gasteiger charge is 2.42. The number of H-pyrrole nitrogens is 1. The second kappa shape index (κ2) is 11.4. The number of halogens is 1. The highest BCUT2D eigenvalue weighted by molar-refractivity contribution is 5.77. The van der Waals surface area contributed by atoms with Crippen molar-refractivity contribution >= 4 is 5.95 Å². The van der Waals surface area contributed by atoms with Gasteiger partial charge in [-0.25, -0.2) is 24.7 Å². The Bertz CT molecular complexity index is 1420. The molecule has 0 amide bonds. The molecule has 0 aliphatic carbocycles. The molecule has 2 aromatic carbocycles. The molecule has 9 nitrogen and oxygen atoms in total. The molecule has 1 radical (unpaired) electrons. The molecule has 207 valence electrons. The number of rotatable bonds is 7. The Hall–Kier alpha value is -3.70. The van der Waals surface area contributed by atoms with Gasteiger partial charge in [0.1, 0.15) is 5.82 Å². The van der Waals surface area contributed by atoms with Gasteiger partial charge in [0.05, 0.1) is 55.6 Å². The minimum absolute atomic E-state index is 0.00463. The maximum absolute atomic E-state index is 13.7. The molecule has 2 atom stereocenters. The summed E-state index contributed by atoms with van der Waals surface area (Å²) >= 11 is 0. The molecule has 4 aromatic rings. The average Bonchev–Trinajstić information content (AvgIpc) is 3.44. The smallest absolute Gasteiger partial charge is 0.223 e. The predicted octanol–water partition coefficient (Wildman–Crippen LogP) is 4.90. The molecule has 0 spiro atoms. The summed E-state index contributed by atoms with van der Waals surface area (Å²) in [6, 6.07) is 18.2. The number of nitrogens with one attached hydrogen (secondary N) is 2. The van der Waals surface area contributed by atoms with Crippen molar-refractivity contribution in [3.63, 3.8) is 0 Å². The summed E-state index contributed by atoms with van der Waals surface area (Å²) in [6.07, 6.45) is 1.01. The Morgan fingerprint density at radius 3 is 2.52 bits per heavy atom. The first kappa shape index (κ1) is 26.5. The summed E-state index contributed by atoms with van der Waals surface area (Å²) in [5.41, 5.74) is 3.49. The third-order valence-electron chi connectivity index (χ3n) is 7.41. The van der Waals surface area contributed by atoms with Crippen LogP contribution in [0.2, 0.25) is 0 Å². The Morgan fingerprint density at radius 1 is 1.02 bits per heavy atom. The Balaban J connectivity index is 1.28. The van der Waals surface area contributed by atoms with Crippen molar-refractivity contribution in [2.24, 2.45) is 5.41 Å². The minimum atomic E-state index is -0.692. The zero-order chi connectivity index (χ0) is 27.5. The van der Waals surface area contributed by atoms with Crippen LogP contribution in [0, 0.1) is 11.2 Å². The molecule has 2 aliphatic heterocycles. The van der Waals surface area contributed by atoms with E-state index < -0.39 is 6.29 Å². The van der Waals surface area contributed by atoms with Crippen LogP contribution >= 0.6 is 0 Å². The fourth-order valence-electron chi connectivity index (χ4n) is 5.01. The molecule has 2 aromatic heterocycles. The fourth-order valence-corrected chi connectivity index (χ4v) is 5.01. The van der Waals surface area contributed by atoms with E-state index in [1.54, 1.807) is 18.3 Å². The molecule has 6 rings (SSSR count). The van der Waals surface area contributed by atoms with Gasteiger partial charge >= 0.3 is 0 Å². The van der Waals surface area contributed by atoms with E-state index >= 15 is 0 Å². The monoisotopic (exact) mass is 543 g/mol. The molecule has 10 heteroatoms. The Morgan fingerprint density at radius 2 is 1.80 bits per heavy atom. The first-order valence-electron chi connectivity index (χ1n) is 13.5. The van der Waals surface area contributed by atoms with E-state index in [9.17, 15) is 4.39 Å². The number of hydrogen-bond donors (Lipinski definition) is 2. The molecule has 2 fully saturated rings. The quantitative estimate of drug-likeness (QED) is 0.341. The summed E-state index contributed by atoms with van der Waals surface area (Å²) < 4.78 is 31.7. The van der Waals surface area contributed by atoms with Crippen LogP contribution in [0.15, 0.2) is 66.9 Å². The van der Waals surface area contributed by atoms with Crippen molar-refractivity contribution in [2.75, 3.05) is 38.3 Å². The molecular formula is C30H32FN6O3. The first-order valence-corrected chi connectivity index (χ1v) is 13.5. The van der Waals surface area contributed by atoms with Gasteiger partial charge in [0.15, 0.2) is 5.82 Å². The van der Waals surface area contributed by atoms with Gasteiger partial charge in [-0.2, -0.15) is 0 Å². The number of anilines is 1. The van der Waals surface area contributed by atoms with Crippen molar-refractivity contribution in [1.82, 2.24) is 25.3 Å². The largest absolute Gasteiger partial charge is 0.378 e. The van der Waals surface area contributed by atoms with E-state index in [0.717, 1.165) is 11.1 Å². The summed E-state index contributed by atoms with van der Waals surface area (Å²) in [7, 11) is 0. The van der Waals surface area contributed by atoms with Gasteiger partial charge in [0.2, 0.25) is 12.2 Å². The molecule has 4 heterocycles. The molecule has 2 N–H and O–H groups in total. The van der Waals surface area contributed by atoms with Crippen LogP contribution in [-0.2, 0) is 14.2 Å². The maximum atomic E-state index is 13.7. The van der Waals surface area contributed by atoms with Crippen molar-refractivity contribution in [3.8, 4) is 22.6 Å². The Labute approximate surface area is 232 Å². The van der Waals surface area contributed by atoms with Gasteiger partial charge < -0.3 is 24.5 Å². The van der Waals surface area contributed by atoms with Gasteiger partial charge in [0, 0.05) is 23.7 Å². The number of ether oxygens (including phenoxy) is 3. The van der Waals surface area contributed by atoms with Crippen LogP contribution in [0.3, 0.4) is 0 Å². The highest BCUT2D eigenvalue weighted by Crippen LogP contribution is 2.37. The van der Waals surface area contributed by atoms with E-state index in [4.69, 9.17) is 29.5 Å². The predicted molar refractivity (Wildman–Crippen MR) is 148 cm³/mol. The summed E-state index contributed by atoms with van der Waals surface area (Å²) in [6.45, 7) is 6.99. The second-order valence-electron chi connectivity index (χ2n) is 10.5. The summed E-state index contributed by atoms with van der Waals surface area (Å²) in [5, 5.41) is 8.09. The summed E-state index contributed by atoms with van der Waals surface area (Å²) in [5.74, 6) is 0.674. The lowest BCUT2D eigenvalue weighted by Gasteiger charge is -2.42. The van der Waals surface area contributed by atoms with Crippen LogP contribution in [0.4, 0.5) is 10.3 Å². The van der Waals surface area contributed by atoms with Crippen LogP contribution in [0.25, 0.3) is 22.6 Å². The zero-order valence-electron chi connectivity index (χ0n) is 22.5. The average molecular weight is 544 g/mol. The first-order chi connectivity index (χ1) is 19.5. The van der Waals surface area contributed by atoms with Gasteiger partial charge in [-0.3, -0.25) is 0 Å². The second-order valence-corrected chi connectivity index (χ2v) is 10.5. The standard InChI is InChI=1S/C30H32FN6O3/c1-19(20-6-4-3-5-7-20)34-29-33-13-12-23(35-29)26-25(21-8-10-22(31)11-9-21)36-27(37-26)28-39-17-30(2,18-40-28)24-16-38-15-14-32-24/h3-13,19,24,28H,14-18H2,1-2H3,(H,36,37)(H,33,34,35). The van der Waals surface area contributed by atoms with Crippen molar-refractivity contribution in [2.45, 2.75) is 32.2 Å². The molecule has 2 saturated heterocycles. The fraction of sp³-hybridized carbons (Fsp3) is 0.367. The van der Waals surface area contributed by atoms with Crippen molar-refractivity contribution in [1.29, 1.82) is 0 Å². The highest BCUT2D eigenvalue weighted by atomic mass is 19.1. The summed E-state index contributed by atoms with van der Waals surface area (Å²) in [4.78, 5) is 17.4. The minimum Gasteiger partial charge on any atom is -0.378 e. The van der Waals surface area contributed by atoms with Gasteiger partial charge in [-0.1, -0.05) is 37.3 Å². The van der Waals surface area contributed by atoms with Crippen LogP contribution in [-0.4, -0.2) is 59.0 Å². The molecular weight excluding hydrogens is 511 g/mol. The normalized spacial score (nSPS) is 24.0. The van der Waals surface area contributed by atoms with Crippen LogP contribution in [0.1, 0.15) is 37.6 Å². The lowest BCUT2D eigenvalue weighted by atomic mass is 9.83. The number of aromatic nitrogens is 4. The van der Waals surface area contributed by atoms with Gasteiger partial charge in [0.25, 0.3) is 0 Å². The lowest BCUT2D eigenvalue weighted by molar-refractivity contribution is -0.243. The van der Waals surface area contributed by atoms with E-state index in [-0.39, 0.29) is 23.3 Å². The maximum Gasteiger partial charge on any atom is 0.223 e. The van der Waals surface area contributed by atoms with Crippen molar-refractivity contribution < 1.29 is 18.6 Å². The number of benzene rings is 2. The number of morpholine rings is 1. The van der Waals surface area contributed by atoms with E-state index in [1.165, 1.54) is 12.1 Å². The number of imidazole rings is 1. The SMILES string of the molecule is CC(Nc1nccc(-c2[nH]c(C3OCC(C)(C4COCC[N]4)CO3)nc2-c2ccc(F)cc2)n1)c1ccccc1. The van der Waals surface area contributed by atoms with E-state index in [0.29, 0.717) is 61.8 Å². The van der Waals surface area contributed by atoms with Crippen molar-refractivity contribution in [3.05, 3.63) is 84.1 Å². The van der Waals surface area contributed by atoms with E-state index in [2.05, 4.69) is 41.3 Å². The zero-order valence-corrected chi connectivity index (χ0v) is 22.5. The molecule has 0 saturated carbocycles.